The van der Waals surface area contributed by atoms with E-state index in [1.807, 2.05) is 0 Å². The number of hydrogen-bond donors (Lipinski definition) is 3. The number of carbonyl (C=O) groups is 2. The molecule has 0 aliphatic heterocycles. The third-order valence-corrected chi connectivity index (χ3v) is 3.98. The van der Waals surface area contributed by atoms with E-state index in [4.69, 9.17) is 51.8 Å². The second kappa shape index (κ2) is 9.59. The number of rotatable bonds is 4. The van der Waals surface area contributed by atoms with Crippen LogP contribution in [0.15, 0.2) is 42.5 Å². The standard InChI is InChI=1S/C16H12Cl3N3O3S/c17-9-5-6-10(12(19)7-9)15(24)21-22-16(26)20-14(23)8-25-13-4-2-1-3-11(13)18/h1-7H,8H2,(H,21,24)(H2,20,22,23,26). The summed E-state index contributed by atoms with van der Waals surface area (Å²) in [5.74, 6) is -0.703. The summed E-state index contributed by atoms with van der Waals surface area (Å²) in [7, 11) is 0. The van der Waals surface area contributed by atoms with Crippen molar-refractivity contribution in [2.24, 2.45) is 0 Å². The zero-order chi connectivity index (χ0) is 19.1. The molecular weight excluding hydrogens is 421 g/mol. The van der Waals surface area contributed by atoms with Crippen LogP contribution in [0.25, 0.3) is 0 Å². The summed E-state index contributed by atoms with van der Waals surface area (Å²) in [4.78, 5) is 23.8. The molecule has 0 saturated carbocycles. The molecule has 2 aromatic rings. The SMILES string of the molecule is O=C(COc1ccccc1Cl)NC(=S)NNC(=O)c1ccc(Cl)cc1Cl. The minimum absolute atomic E-state index is 0.115. The fraction of sp³-hybridized carbons (Fsp3) is 0.0625. The predicted molar refractivity (Wildman–Crippen MR) is 105 cm³/mol. The quantitative estimate of drug-likeness (QED) is 0.510. The summed E-state index contributed by atoms with van der Waals surface area (Å²) in [5, 5.41) is 3.20. The number of thiocarbonyl (C=S) groups is 1. The van der Waals surface area contributed by atoms with Crippen molar-refractivity contribution in [3.63, 3.8) is 0 Å². The van der Waals surface area contributed by atoms with E-state index in [2.05, 4.69) is 16.2 Å². The van der Waals surface area contributed by atoms with Gasteiger partial charge in [-0.05, 0) is 42.5 Å². The van der Waals surface area contributed by atoms with Gasteiger partial charge in [-0.25, -0.2) is 0 Å². The highest BCUT2D eigenvalue weighted by molar-refractivity contribution is 7.80. The monoisotopic (exact) mass is 431 g/mol. The largest absolute Gasteiger partial charge is 0.482 e. The molecule has 0 aliphatic rings. The number of halogens is 3. The fourth-order valence-electron chi connectivity index (χ4n) is 1.75. The first kappa shape index (κ1) is 20.3. The number of nitrogens with one attached hydrogen (secondary N) is 3. The molecule has 0 heterocycles. The molecule has 0 aliphatic carbocycles. The Morgan fingerprint density at radius 3 is 2.42 bits per heavy atom. The lowest BCUT2D eigenvalue weighted by atomic mass is 10.2. The van der Waals surface area contributed by atoms with Crippen LogP contribution in [0.3, 0.4) is 0 Å². The van der Waals surface area contributed by atoms with E-state index in [9.17, 15) is 9.59 Å². The zero-order valence-electron chi connectivity index (χ0n) is 13.0. The third-order valence-electron chi connectivity index (χ3n) is 2.91. The first-order chi connectivity index (χ1) is 12.4. The number of amides is 2. The van der Waals surface area contributed by atoms with Crippen molar-refractivity contribution >= 4 is 63.9 Å². The van der Waals surface area contributed by atoms with Gasteiger partial charge in [0.1, 0.15) is 5.75 Å². The Kier molecular flexibility index (Phi) is 7.47. The van der Waals surface area contributed by atoms with E-state index in [1.54, 1.807) is 24.3 Å². The number of benzene rings is 2. The van der Waals surface area contributed by atoms with E-state index in [1.165, 1.54) is 18.2 Å². The lowest BCUT2D eigenvalue weighted by Crippen LogP contribution is -2.49. The topological polar surface area (TPSA) is 79.5 Å². The van der Waals surface area contributed by atoms with Gasteiger partial charge in [-0.1, -0.05) is 46.9 Å². The molecule has 0 bridgehead atoms. The zero-order valence-corrected chi connectivity index (χ0v) is 16.1. The highest BCUT2D eigenvalue weighted by atomic mass is 35.5. The summed E-state index contributed by atoms with van der Waals surface area (Å²) < 4.78 is 5.27. The molecule has 0 fully saturated rings. The molecular formula is C16H12Cl3N3O3S. The van der Waals surface area contributed by atoms with Gasteiger partial charge in [0, 0.05) is 5.02 Å². The Morgan fingerprint density at radius 1 is 1.00 bits per heavy atom. The van der Waals surface area contributed by atoms with Gasteiger partial charge in [0.05, 0.1) is 15.6 Å². The molecule has 0 atom stereocenters. The van der Waals surface area contributed by atoms with Crippen molar-refractivity contribution in [2.45, 2.75) is 0 Å². The number of ether oxygens (including phenoxy) is 1. The average molecular weight is 433 g/mol. The van der Waals surface area contributed by atoms with Crippen molar-refractivity contribution in [2.75, 3.05) is 6.61 Å². The average Bonchev–Trinajstić information content (AvgIpc) is 2.59. The van der Waals surface area contributed by atoms with Gasteiger partial charge in [0.2, 0.25) is 0 Å². The molecule has 6 nitrogen and oxygen atoms in total. The number of carbonyl (C=O) groups excluding carboxylic acids is 2. The Labute approximate surface area is 169 Å². The smallest absolute Gasteiger partial charge is 0.271 e. The van der Waals surface area contributed by atoms with Crippen LogP contribution in [0.5, 0.6) is 5.75 Å². The lowest BCUT2D eigenvalue weighted by Gasteiger charge is -2.12. The Morgan fingerprint density at radius 2 is 1.73 bits per heavy atom. The summed E-state index contributed by atoms with van der Waals surface area (Å²) >= 11 is 22.5. The Hall–Kier alpha value is -2.06. The number of para-hydroxylation sites is 1. The maximum Gasteiger partial charge on any atom is 0.271 e. The van der Waals surface area contributed by atoms with Gasteiger partial charge in [-0.3, -0.25) is 25.8 Å². The van der Waals surface area contributed by atoms with Crippen molar-refractivity contribution in [1.29, 1.82) is 0 Å². The van der Waals surface area contributed by atoms with E-state index >= 15 is 0 Å². The third kappa shape index (κ3) is 6.03. The first-order valence-electron chi connectivity index (χ1n) is 7.09. The van der Waals surface area contributed by atoms with Crippen molar-refractivity contribution < 1.29 is 14.3 Å². The van der Waals surface area contributed by atoms with Gasteiger partial charge in [0.15, 0.2) is 11.7 Å². The van der Waals surface area contributed by atoms with Crippen LogP contribution in [0.2, 0.25) is 15.1 Å². The molecule has 136 valence electrons. The van der Waals surface area contributed by atoms with E-state index in [0.29, 0.717) is 15.8 Å². The van der Waals surface area contributed by atoms with Crippen molar-refractivity contribution in [1.82, 2.24) is 16.2 Å². The van der Waals surface area contributed by atoms with Gasteiger partial charge in [-0.2, -0.15) is 0 Å². The normalized spacial score (nSPS) is 9.96. The summed E-state index contributed by atoms with van der Waals surface area (Å²) in [6.45, 7) is -0.303. The van der Waals surface area contributed by atoms with E-state index in [0.717, 1.165) is 0 Å². The molecule has 0 spiro atoms. The molecule has 0 unspecified atom stereocenters. The molecule has 0 saturated heterocycles. The van der Waals surface area contributed by atoms with Gasteiger partial charge >= 0.3 is 0 Å². The van der Waals surface area contributed by atoms with E-state index < -0.39 is 11.8 Å². The van der Waals surface area contributed by atoms with Crippen LogP contribution in [-0.4, -0.2) is 23.5 Å². The van der Waals surface area contributed by atoms with E-state index in [-0.39, 0.29) is 22.3 Å². The van der Waals surface area contributed by atoms with Gasteiger partial charge in [-0.15, -0.1) is 0 Å². The minimum atomic E-state index is -0.546. The predicted octanol–water partition coefficient (Wildman–Crippen LogP) is 3.36. The van der Waals surface area contributed by atoms with Crippen molar-refractivity contribution in [3.8, 4) is 5.75 Å². The number of hydrazine groups is 1. The van der Waals surface area contributed by atoms with Crippen LogP contribution in [0.4, 0.5) is 0 Å². The minimum Gasteiger partial charge on any atom is -0.482 e. The molecule has 0 radical (unpaired) electrons. The molecule has 2 aromatic carbocycles. The molecule has 2 amide bonds. The summed E-state index contributed by atoms with van der Waals surface area (Å²) in [6, 6.07) is 11.1. The molecule has 26 heavy (non-hydrogen) atoms. The highest BCUT2D eigenvalue weighted by Gasteiger charge is 2.12. The van der Waals surface area contributed by atoms with Crippen LogP contribution in [0, 0.1) is 0 Å². The maximum atomic E-state index is 12.0. The second-order valence-corrected chi connectivity index (χ2v) is 6.46. The molecule has 3 N–H and O–H groups in total. The van der Waals surface area contributed by atoms with Gasteiger partial charge in [0.25, 0.3) is 11.8 Å². The number of hydrogen-bond acceptors (Lipinski definition) is 4. The fourth-order valence-corrected chi connectivity index (χ4v) is 2.60. The van der Waals surface area contributed by atoms with Crippen LogP contribution in [0.1, 0.15) is 10.4 Å². The molecule has 10 heteroatoms. The van der Waals surface area contributed by atoms with Gasteiger partial charge < -0.3 is 4.74 Å². The highest BCUT2D eigenvalue weighted by Crippen LogP contribution is 2.23. The second-order valence-electron chi connectivity index (χ2n) is 4.80. The van der Waals surface area contributed by atoms with Crippen molar-refractivity contribution in [3.05, 3.63) is 63.1 Å². The van der Waals surface area contributed by atoms with Crippen LogP contribution < -0.4 is 20.9 Å². The summed E-state index contributed by atoms with van der Waals surface area (Å²) in [6.07, 6.45) is 0. The Balaban J connectivity index is 1.78. The molecule has 0 aromatic heterocycles. The van der Waals surface area contributed by atoms with Crippen LogP contribution in [-0.2, 0) is 4.79 Å². The molecule has 2 rings (SSSR count). The summed E-state index contributed by atoms with van der Waals surface area (Å²) in [5.41, 5.74) is 4.90. The van der Waals surface area contributed by atoms with Crippen LogP contribution >= 0.6 is 47.0 Å². The first-order valence-corrected chi connectivity index (χ1v) is 8.63. The maximum absolute atomic E-state index is 12.0. The lowest BCUT2D eigenvalue weighted by molar-refractivity contribution is -0.121. The Bertz CT molecular complexity index is 848.